The average molecular weight is 248 g/mol. The van der Waals surface area contributed by atoms with Gasteiger partial charge in [0.15, 0.2) is 0 Å². The van der Waals surface area contributed by atoms with Crippen LogP contribution in [0.25, 0.3) is 0 Å². The summed E-state index contributed by atoms with van der Waals surface area (Å²) in [6.45, 7) is 4.37. The zero-order valence-electron chi connectivity index (χ0n) is 11.9. The molecule has 1 aromatic rings. The van der Waals surface area contributed by atoms with Gasteiger partial charge in [-0.3, -0.25) is 4.79 Å². The molecule has 3 heteroatoms. The van der Waals surface area contributed by atoms with E-state index in [9.17, 15) is 4.79 Å². The monoisotopic (exact) mass is 248 g/mol. The maximum absolute atomic E-state index is 11.6. The number of benzene rings is 1. The normalized spacial score (nSPS) is 10.5. The highest BCUT2D eigenvalue weighted by Crippen LogP contribution is 2.13. The van der Waals surface area contributed by atoms with Gasteiger partial charge in [-0.2, -0.15) is 0 Å². The molecule has 0 aliphatic carbocycles. The Bertz CT molecular complexity index is 367. The lowest BCUT2D eigenvalue weighted by molar-refractivity contribution is -0.127. The fraction of sp³-hybridized carbons (Fsp3) is 0.533. The van der Waals surface area contributed by atoms with E-state index in [0.29, 0.717) is 12.5 Å². The minimum absolute atomic E-state index is 0.135. The van der Waals surface area contributed by atoms with Crippen molar-refractivity contribution in [3.05, 3.63) is 29.8 Å². The van der Waals surface area contributed by atoms with Crippen molar-refractivity contribution in [3.63, 3.8) is 0 Å². The molecule has 100 valence electrons. The van der Waals surface area contributed by atoms with E-state index in [-0.39, 0.29) is 5.91 Å². The second-order valence-electron chi connectivity index (χ2n) is 4.82. The van der Waals surface area contributed by atoms with Gasteiger partial charge in [-0.25, -0.2) is 0 Å². The average Bonchev–Trinajstić information content (AvgIpc) is 2.37. The maximum Gasteiger partial charge on any atom is 0.226 e. The minimum atomic E-state index is 0.135. The van der Waals surface area contributed by atoms with Crippen LogP contribution >= 0.6 is 0 Å². The first kappa shape index (κ1) is 14.6. The van der Waals surface area contributed by atoms with Crippen LogP contribution < -0.4 is 5.32 Å². The van der Waals surface area contributed by atoms with Gasteiger partial charge in [0.05, 0.1) is 6.42 Å². The molecule has 1 N–H and O–H groups in total. The molecule has 18 heavy (non-hydrogen) atoms. The van der Waals surface area contributed by atoms with Crippen molar-refractivity contribution < 1.29 is 4.79 Å². The molecule has 1 amide bonds. The Labute approximate surface area is 110 Å². The third-order valence-electron chi connectivity index (χ3n) is 3.16. The lowest BCUT2D eigenvalue weighted by Crippen LogP contribution is -2.23. The van der Waals surface area contributed by atoms with Gasteiger partial charge in [-0.05, 0) is 30.5 Å². The van der Waals surface area contributed by atoms with Crippen molar-refractivity contribution in [2.75, 3.05) is 19.4 Å². The Kier molecular flexibility index (Phi) is 5.69. The van der Waals surface area contributed by atoms with Crippen molar-refractivity contribution in [2.45, 2.75) is 39.2 Å². The fourth-order valence-electron chi connectivity index (χ4n) is 1.78. The Morgan fingerprint density at radius 2 is 1.72 bits per heavy atom. The quantitative estimate of drug-likeness (QED) is 0.839. The first-order valence-electron chi connectivity index (χ1n) is 6.62. The summed E-state index contributed by atoms with van der Waals surface area (Å²) >= 11 is 0. The van der Waals surface area contributed by atoms with Crippen LogP contribution in [0.15, 0.2) is 24.3 Å². The lowest BCUT2D eigenvalue weighted by atomic mass is 10.1. The summed E-state index contributed by atoms with van der Waals surface area (Å²) < 4.78 is 0. The minimum Gasteiger partial charge on any atom is -0.382 e. The van der Waals surface area contributed by atoms with Gasteiger partial charge in [0.1, 0.15) is 0 Å². The van der Waals surface area contributed by atoms with Gasteiger partial charge in [-0.1, -0.05) is 26.0 Å². The maximum atomic E-state index is 11.6. The first-order valence-corrected chi connectivity index (χ1v) is 6.62. The molecule has 3 nitrogen and oxygen atoms in total. The van der Waals surface area contributed by atoms with Crippen LogP contribution in [0.2, 0.25) is 0 Å². The summed E-state index contributed by atoms with van der Waals surface area (Å²) in [5.74, 6) is 0.135. The molecule has 0 heterocycles. The Morgan fingerprint density at radius 3 is 2.17 bits per heavy atom. The second kappa shape index (κ2) is 7.04. The van der Waals surface area contributed by atoms with E-state index in [4.69, 9.17) is 0 Å². The number of carbonyl (C=O) groups excluding carboxylic acids is 1. The summed E-state index contributed by atoms with van der Waals surface area (Å²) in [6, 6.07) is 8.67. The topological polar surface area (TPSA) is 32.3 Å². The van der Waals surface area contributed by atoms with Gasteiger partial charge in [0.2, 0.25) is 5.91 Å². The zero-order valence-corrected chi connectivity index (χ0v) is 11.9. The predicted molar refractivity (Wildman–Crippen MR) is 76.8 cm³/mol. The molecule has 0 aliphatic rings. The van der Waals surface area contributed by atoms with Gasteiger partial charge in [0, 0.05) is 25.8 Å². The summed E-state index contributed by atoms with van der Waals surface area (Å²) in [5, 5.41) is 3.49. The molecule has 1 aromatic carbocycles. The van der Waals surface area contributed by atoms with E-state index in [1.807, 2.05) is 12.1 Å². The second-order valence-corrected chi connectivity index (χ2v) is 4.82. The van der Waals surface area contributed by atoms with E-state index < -0.39 is 0 Å². The van der Waals surface area contributed by atoms with Crippen LogP contribution in [0.4, 0.5) is 5.69 Å². The summed E-state index contributed by atoms with van der Waals surface area (Å²) in [7, 11) is 3.57. The van der Waals surface area contributed by atoms with Crippen molar-refractivity contribution in [2.24, 2.45) is 0 Å². The van der Waals surface area contributed by atoms with Crippen molar-refractivity contribution in [3.8, 4) is 0 Å². The number of nitrogens with one attached hydrogen (secondary N) is 1. The Morgan fingerprint density at radius 1 is 1.17 bits per heavy atom. The highest BCUT2D eigenvalue weighted by molar-refractivity contribution is 5.78. The van der Waals surface area contributed by atoms with Crippen molar-refractivity contribution in [1.82, 2.24) is 4.90 Å². The van der Waals surface area contributed by atoms with Crippen LogP contribution in [0.1, 0.15) is 32.3 Å². The number of likely N-dealkylation sites (N-methyl/N-ethyl adjacent to an activating group) is 1. The molecule has 0 saturated carbocycles. The standard InChI is InChI=1S/C15H24N2O/c1-5-13(6-2)16-14-9-7-12(8-10-14)11-15(18)17(3)4/h7-10,13,16H,5-6,11H2,1-4H3. The van der Waals surface area contributed by atoms with E-state index in [1.54, 1.807) is 19.0 Å². The highest BCUT2D eigenvalue weighted by Gasteiger charge is 2.06. The molecule has 0 bridgehead atoms. The molecule has 0 spiro atoms. The highest BCUT2D eigenvalue weighted by atomic mass is 16.2. The smallest absolute Gasteiger partial charge is 0.226 e. The predicted octanol–water partition coefficient (Wildman–Crippen LogP) is 2.92. The Hall–Kier alpha value is -1.51. The molecule has 0 aromatic heterocycles. The largest absolute Gasteiger partial charge is 0.382 e. The van der Waals surface area contributed by atoms with Crippen molar-refractivity contribution in [1.29, 1.82) is 0 Å². The van der Waals surface area contributed by atoms with Crippen LogP contribution in [0.5, 0.6) is 0 Å². The molecule has 1 rings (SSSR count). The third kappa shape index (κ3) is 4.40. The van der Waals surface area contributed by atoms with Crippen molar-refractivity contribution >= 4 is 11.6 Å². The SMILES string of the molecule is CCC(CC)Nc1ccc(CC(=O)N(C)C)cc1. The van der Waals surface area contributed by atoms with Gasteiger partial charge >= 0.3 is 0 Å². The van der Waals surface area contributed by atoms with Crippen LogP contribution in [0, 0.1) is 0 Å². The summed E-state index contributed by atoms with van der Waals surface area (Å²) in [6.07, 6.45) is 2.72. The van der Waals surface area contributed by atoms with Gasteiger partial charge in [0.25, 0.3) is 0 Å². The molecule has 0 saturated heterocycles. The number of nitrogens with zero attached hydrogens (tertiary/aromatic N) is 1. The van der Waals surface area contributed by atoms with Gasteiger partial charge < -0.3 is 10.2 Å². The number of anilines is 1. The molecule has 0 atom stereocenters. The number of hydrogen-bond acceptors (Lipinski definition) is 2. The number of amides is 1. The van der Waals surface area contributed by atoms with Crippen LogP contribution in [0.3, 0.4) is 0 Å². The molecule has 0 fully saturated rings. The third-order valence-corrected chi connectivity index (χ3v) is 3.16. The molecular formula is C15H24N2O. The zero-order chi connectivity index (χ0) is 13.5. The van der Waals surface area contributed by atoms with Crippen LogP contribution in [-0.2, 0) is 11.2 Å². The van der Waals surface area contributed by atoms with Gasteiger partial charge in [-0.15, -0.1) is 0 Å². The summed E-state index contributed by atoms with van der Waals surface area (Å²) in [4.78, 5) is 13.2. The summed E-state index contributed by atoms with van der Waals surface area (Å²) in [5.41, 5.74) is 2.19. The first-order chi connectivity index (χ1) is 8.56. The van der Waals surface area contributed by atoms with E-state index in [1.165, 1.54) is 0 Å². The lowest BCUT2D eigenvalue weighted by Gasteiger charge is -2.16. The van der Waals surface area contributed by atoms with E-state index >= 15 is 0 Å². The van der Waals surface area contributed by atoms with E-state index in [2.05, 4.69) is 31.3 Å². The molecule has 0 unspecified atom stereocenters. The van der Waals surface area contributed by atoms with Crippen LogP contribution in [-0.4, -0.2) is 30.9 Å². The fourth-order valence-corrected chi connectivity index (χ4v) is 1.78. The van der Waals surface area contributed by atoms with E-state index in [0.717, 1.165) is 24.1 Å². The number of carbonyl (C=O) groups is 1. The number of rotatable bonds is 6. The molecule has 0 radical (unpaired) electrons. The number of hydrogen-bond donors (Lipinski definition) is 1. The molecule has 0 aliphatic heterocycles. The molecular weight excluding hydrogens is 224 g/mol. The Balaban J connectivity index is 2.60.